The number of carbonyl (C=O) groups excluding carboxylic acids is 1. The van der Waals surface area contributed by atoms with Crippen LogP contribution in [0.1, 0.15) is 23.7 Å². The Balaban J connectivity index is 1.85. The summed E-state index contributed by atoms with van der Waals surface area (Å²) in [4.78, 5) is 19.2. The number of nitrogens with one attached hydrogen (secondary N) is 2. The van der Waals surface area contributed by atoms with Crippen molar-refractivity contribution < 1.29 is 22.7 Å². The van der Waals surface area contributed by atoms with E-state index in [0.717, 1.165) is 0 Å². The Hall–Kier alpha value is -2.85. The van der Waals surface area contributed by atoms with Crippen molar-refractivity contribution in [3.63, 3.8) is 0 Å². The molecule has 0 radical (unpaired) electrons. The summed E-state index contributed by atoms with van der Waals surface area (Å²) in [6.45, 7) is 2.03. The molecule has 0 spiro atoms. The van der Waals surface area contributed by atoms with Crippen LogP contribution in [0.3, 0.4) is 0 Å². The number of carbonyl (C=O) groups is 1. The van der Waals surface area contributed by atoms with Crippen molar-refractivity contribution in [3.8, 4) is 0 Å². The minimum Gasteiger partial charge on any atom is -0.464 e. The van der Waals surface area contributed by atoms with E-state index in [0.29, 0.717) is 30.6 Å². The Morgan fingerprint density at radius 2 is 2.16 bits per heavy atom. The molecule has 0 aromatic carbocycles. The normalized spacial score (nSPS) is 17.5. The fourth-order valence-electron chi connectivity index (χ4n) is 2.45. The van der Waals surface area contributed by atoms with Crippen molar-refractivity contribution in [2.24, 2.45) is 0 Å². The van der Waals surface area contributed by atoms with Crippen molar-refractivity contribution in [3.05, 3.63) is 23.7 Å². The van der Waals surface area contributed by atoms with Gasteiger partial charge in [0.05, 0.1) is 18.0 Å². The van der Waals surface area contributed by atoms with E-state index in [1.807, 2.05) is 0 Å². The molecule has 1 aliphatic heterocycles. The van der Waals surface area contributed by atoms with Gasteiger partial charge in [0, 0.05) is 25.9 Å². The number of rotatable bonds is 4. The average molecular weight is 356 g/mol. The number of cyclic esters (lactones) is 1. The molecule has 0 bridgehead atoms. The summed E-state index contributed by atoms with van der Waals surface area (Å²) < 4.78 is 45.0. The highest BCUT2D eigenvalue weighted by Crippen LogP contribution is 2.34. The summed E-state index contributed by atoms with van der Waals surface area (Å²) in [6.07, 6.45) is -1.76. The Kier molecular flexibility index (Phi) is 4.23. The summed E-state index contributed by atoms with van der Waals surface area (Å²) in [7, 11) is 1.34. The molecule has 0 aliphatic carbocycles. The fraction of sp³-hybridized carbons (Fsp3) is 0.429. The van der Waals surface area contributed by atoms with Gasteiger partial charge in [0.2, 0.25) is 5.95 Å². The van der Waals surface area contributed by atoms with Gasteiger partial charge in [-0.1, -0.05) is 0 Å². The van der Waals surface area contributed by atoms with Crippen LogP contribution < -0.4 is 10.6 Å². The molecule has 0 amide bonds. The summed E-state index contributed by atoms with van der Waals surface area (Å²) in [5.74, 6) is -0.722. The highest BCUT2D eigenvalue weighted by molar-refractivity contribution is 5.76. The Labute approximate surface area is 140 Å². The maximum absolute atomic E-state index is 12.9. The first-order valence-corrected chi connectivity index (χ1v) is 7.41. The fourth-order valence-corrected chi connectivity index (χ4v) is 2.45. The predicted molar refractivity (Wildman–Crippen MR) is 81.4 cm³/mol. The van der Waals surface area contributed by atoms with Gasteiger partial charge in [-0.15, -0.1) is 0 Å². The van der Waals surface area contributed by atoms with Crippen molar-refractivity contribution in [1.82, 2.24) is 19.7 Å². The van der Waals surface area contributed by atoms with Gasteiger partial charge in [-0.05, 0) is 6.92 Å². The lowest BCUT2D eigenvalue weighted by Crippen LogP contribution is -2.14. The maximum atomic E-state index is 12.9. The number of halogens is 3. The van der Waals surface area contributed by atoms with Crippen molar-refractivity contribution >= 4 is 23.4 Å². The zero-order valence-corrected chi connectivity index (χ0v) is 13.4. The molecule has 1 atom stereocenters. The highest BCUT2D eigenvalue weighted by Gasteiger charge is 2.35. The first-order valence-electron chi connectivity index (χ1n) is 7.41. The second-order valence-corrected chi connectivity index (χ2v) is 5.41. The zero-order valence-electron chi connectivity index (χ0n) is 13.4. The molecule has 1 fully saturated rings. The van der Waals surface area contributed by atoms with Gasteiger partial charge in [-0.25, -0.2) is 9.78 Å². The van der Waals surface area contributed by atoms with Crippen LogP contribution in [0.5, 0.6) is 0 Å². The lowest BCUT2D eigenvalue weighted by molar-refractivity contribution is -0.141. The van der Waals surface area contributed by atoms with E-state index in [-0.39, 0.29) is 17.7 Å². The maximum Gasteiger partial charge on any atom is 0.421 e. The molecular formula is C14H15F3N6O2. The standard InChI is InChI=1S/C14H15F3N6O2/c1-7-9(6-23(22-7)10-3-4-25-12(10)24)20-13-19-5-8(14(15,16)17)11(18-2)21-13/h5-6,10H,3-4H2,1-2H3,(H2,18,19,20,21). The number of hydrogen-bond acceptors (Lipinski definition) is 7. The van der Waals surface area contributed by atoms with Crippen molar-refractivity contribution in [1.29, 1.82) is 0 Å². The van der Waals surface area contributed by atoms with Gasteiger partial charge in [0.15, 0.2) is 6.04 Å². The predicted octanol–water partition coefficient (Wildman–Crippen LogP) is 2.27. The topological polar surface area (TPSA) is 94.0 Å². The summed E-state index contributed by atoms with van der Waals surface area (Å²) in [5.41, 5.74) is 0.0809. The first kappa shape index (κ1) is 17.0. The third-order valence-electron chi connectivity index (χ3n) is 3.72. The number of aromatic nitrogens is 4. The van der Waals surface area contributed by atoms with Crippen LogP contribution in [0.4, 0.5) is 30.6 Å². The molecule has 0 saturated carbocycles. The molecule has 134 valence electrons. The molecule has 2 N–H and O–H groups in total. The number of aryl methyl sites for hydroxylation is 1. The lowest BCUT2D eigenvalue weighted by atomic mass is 10.2. The third kappa shape index (κ3) is 3.35. The highest BCUT2D eigenvalue weighted by atomic mass is 19.4. The van der Waals surface area contributed by atoms with E-state index in [1.54, 1.807) is 13.1 Å². The number of nitrogens with zero attached hydrogens (tertiary/aromatic N) is 4. The molecule has 2 aromatic rings. The van der Waals surface area contributed by atoms with Crippen LogP contribution in [-0.2, 0) is 15.7 Å². The second kappa shape index (κ2) is 6.22. The zero-order chi connectivity index (χ0) is 18.2. The summed E-state index contributed by atoms with van der Waals surface area (Å²) in [5, 5.41) is 9.47. The van der Waals surface area contributed by atoms with E-state index >= 15 is 0 Å². The van der Waals surface area contributed by atoms with Crippen LogP contribution in [0.15, 0.2) is 12.4 Å². The lowest BCUT2D eigenvalue weighted by Gasteiger charge is -2.12. The van der Waals surface area contributed by atoms with E-state index < -0.39 is 17.8 Å². The quantitative estimate of drug-likeness (QED) is 0.812. The van der Waals surface area contributed by atoms with Gasteiger partial charge in [-0.2, -0.15) is 23.3 Å². The number of hydrogen-bond donors (Lipinski definition) is 2. The van der Waals surface area contributed by atoms with Crippen LogP contribution >= 0.6 is 0 Å². The van der Waals surface area contributed by atoms with Crippen molar-refractivity contribution in [2.75, 3.05) is 24.3 Å². The molecule has 25 heavy (non-hydrogen) atoms. The van der Waals surface area contributed by atoms with Gasteiger partial charge < -0.3 is 15.4 Å². The molecule has 3 heterocycles. The molecule has 2 aromatic heterocycles. The van der Waals surface area contributed by atoms with Crippen LogP contribution in [0.25, 0.3) is 0 Å². The monoisotopic (exact) mass is 356 g/mol. The number of alkyl halides is 3. The van der Waals surface area contributed by atoms with E-state index in [2.05, 4.69) is 25.7 Å². The molecule has 8 nitrogen and oxygen atoms in total. The van der Waals surface area contributed by atoms with Gasteiger partial charge in [-0.3, -0.25) is 4.68 Å². The average Bonchev–Trinajstić information content (AvgIpc) is 3.12. The molecule has 11 heteroatoms. The molecular weight excluding hydrogens is 341 g/mol. The molecule has 1 aliphatic rings. The second-order valence-electron chi connectivity index (χ2n) is 5.41. The third-order valence-corrected chi connectivity index (χ3v) is 3.72. The molecule has 1 saturated heterocycles. The number of anilines is 3. The van der Waals surface area contributed by atoms with E-state index in [1.165, 1.54) is 11.7 Å². The van der Waals surface area contributed by atoms with Gasteiger partial charge in [0.1, 0.15) is 11.4 Å². The molecule has 1 unspecified atom stereocenters. The van der Waals surface area contributed by atoms with Crippen LogP contribution in [0.2, 0.25) is 0 Å². The van der Waals surface area contributed by atoms with E-state index in [4.69, 9.17) is 4.74 Å². The first-order chi connectivity index (χ1) is 11.8. The minimum absolute atomic E-state index is 0.0194. The van der Waals surface area contributed by atoms with Crippen LogP contribution in [-0.4, -0.2) is 39.4 Å². The molecule has 3 rings (SSSR count). The largest absolute Gasteiger partial charge is 0.464 e. The van der Waals surface area contributed by atoms with E-state index in [9.17, 15) is 18.0 Å². The number of esters is 1. The number of ether oxygens (including phenoxy) is 1. The van der Waals surface area contributed by atoms with Gasteiger partial charge in [0.25, 0.3) is 0 Å². The Morgan fingerprint density at radius 3 is 2.76 bits per heavy atom. The van der Waals surface area contributed by atoms with Gasteiger partial charge >= 0.3 is 12.1 Å². The van der Waals surface area contributed by atoms with Crippen LogP contribution in [0, 0.1) is 6.92 Å². The minimum atomic E-state index is -4.56. The Morgan fingerprint density at radius 1 is 1.40 bits per heavy atom. The SMILES string of the molecule is CNc1nc(Nc2cn(C3CCOC3=O)nc2C)ncc1C(F)(F)F. The van der Waals surface area contributed by atoms with Crippen molar-refractivity contribution in [2.45, 2.75) is 25.6 Å². The Bertz CT molecular complexity index is 804. The summed E-state index contributed by atoms with van der Waals surface area (Å²) in [6, 6.07) is -0.504. The smallest absolute Gasteiger partial charge is 0.421 e. The summed E-state index contributed by atoms with van der Waals surface area (Å²) >= 11 is 0.